The summed E-state index contributed by atoms with van der Waals surface area (Å²) in [5, 5.41) is 5.24. The standard InChI is InChI=1S/C18H21NO4/c1-19-8-7-17-14-10-3-4-12(22-2)15(14)23-16(17)11(20)5-6-18(17,21)13(19)9-10/h3-4,13,16,21H,5-9H2,1-2H3/t13-,16?,17+,18-/m1/s1/i1D3,5D2,13D,21D. The average Bonchev–Trinajstić information content (AvgIpc) is 2.99. The van der Waals surface area contributed by atoms with Crippen molar-refractivity contribution in [2.45, 2.75) is 48.8 Å². The minimum atomic E-state index is -2.66. The number of hydrogen-bond acceptors (Lipinski definition) is 5. The van der Waals surface area contributed by atoms with Gasteiger partial charge < -0.3 is 19.5 Å². The van der Waals surface area contributed by atoms with E-state index >= 15 is 0 Å². The number of likely N-dealkylation sites (N-methyl/N-ethyl adjacent to an activating group) is 1. The molecule has 5 nitrogen and oxygen atoms in total. The molecule has 4 atom stereocenters. The van der Waals surface area contributed by atoms with Crippen LogP contribution in [-0.2, 0) is 16.6 Å². The number of methoxy groups -OCH3 is 1. The van der Waals surface area contributed by atoms with Crippen molar-refractivity contribution < 1.29 is 27.6 Å². The van der Waals surface area contributed by atoms with Gasteiger partial charge in [0, 0.05) is 24.8 Å². The summed E-state index contributed by atoms with van der Waals surface area (Å²) in [5.74, 6) is -0.136. The predicted octanol–water partition coefficient (Wildman–Crippen LogP) is 1.05. The van der Waals surface area contributed by atoms with Crippen molar-refractivity contribution >= 4 is 5.78 Å². The summed E-state index contributed by atoms with van der Waals surface area (Å²) in [6.07, 6.45) is -4.43. The fourth-order valence-corrected chi connectivity index (χ4v) is 4.90. The quantitative estimate of drug-likeness (QED) is 0.882. The van der Waals surface area contributed by atoms with Gasteiger partial charge in [-0.05, 0) is 44.4 Å². The van der Waals surface area contributed by atoms with Crippen molar-refractivity contribution in [1.82, 2.24) is 4.90 Å². The maximum absolute atomic E-state index is 13.2. The Morgan fingerprint density at radius 3 is 3.30 bits per heavy atom. The van der Waals surface area contributed by atoms with Gasteiger partial charge in [-0.1, -0.05) is 6.07 Å². The molecule has 1 saturated carbocycles. The van der Waals surface area contributed by atoms with Gasteiger partial charge in [-0.3, -0.25) is 4.79 Å². The fraction of sp³-hybridized carbons (Fsp3) is 0.611. The third-order valence-corrected chi connectivity index (χ3v) is 5.91. The van der Waals surface area contributed by atoms with Gasteiger partial charge in [-0.15, -0.1) is 0 Å². The smallest absolute Gasteiger partial charge is 0.211 e. The molecule has 2 heterocycles. The second-order valence-electron chi connectivity index (χ2n) is 6.67. The second-order valence-corrected chi connectivity index (χ2v) is 6.67. The summed E-state index contributed by atoms with van der Waals surface area (Å²) in [4.78, 5) is 14.2. The van der Waals surface area contributed by atoms with Crippen LogP contribution in [0.5, 0.6) is 11.5 Å². The SMILES string of the molecule is [2H]O[C@@]12CC([2H])([2H])C(=O)C3Oc4c(OC)ccc5c4[C@@]31CCN(C([2H])([2H])[2H])[C@]2([2H])C5. The van der Waals surface area contributed by atoms with Gasteiger partial charge in [-0.2, -0.15) is 0 Å². The number of piperidine rings is 1. The number of hydrogen-bond donors (Lipinski definition) is 1. The largest absolute Gasteiger partial charge is 0.493 e. The van der Waals surface area contributed by atoms with Crippen LogP contribution in [0, 0.1) is 0 Å². The van der Waals surface area contributed by atoms with Crippen LogP contribution in [0.2, 0.25) is 0 Å². The maximum Gasteiger partial charge on any atom is 0.211 e. The van der Waals surface area contributed by atoms with Gasteiger partial charge in [0.2, 0.25) is 1.43 Å². The third kappa shape index (κ3) is 1.32. The number of nitrogens with zero attached hydrogens (tertiary/aromatic N) is 1. The molecule has 122 valence electrons. The lowest BCUT2D eigenvalue weighted by Gasteiger charge is -2.62. The number of benzene rings is 1. The molecular formula is C18H21NO4. The summed E-state index contributed by atoms with van der Waals surface area (Å²) in [6, 6.07) is 1.35. The highest BCUT2D eigenvalue weighted by atomic mass is 16.5. The molecule has 1 aromatic rings. The van der Waals surface area contributed by atoms with Gasteiger partial charge >= 0.3 is 0 Å². The van der Waals surface area contributed by atoms with E-state index in [-0.39, 0.29) is 25.1 Å². The first-order valence-electron chi connectivity index (χ1n) is 11.1. The molecule has 0 radical (unpaired) electrons. The molecular weight excluding hydrogens is 294 g/mol. The lowest BCUT2D eigenvalue weighted by Crippen LogP contribution is -2.76. The summed E-state index contributed by atoms with van der Waals surface area (Å²) >= 11 is 0. The third-order valence-electron chi connectivity index (χ3n) is 5.91. The Labute approximate surface area is 145 Å². The molecule has 2 fully saturated rings. The zero-order chi connectivity index (χ0) is 21.9. The van der Waals surface area contributed by atoms with Crippen molar-refractivity contribution in [3.8, 4) is 11.5 Å². The molecule has 2 aliphatic heterocycles. The van der Waals surface area contributed by atoms with Crippen molar-refractivity contribution in [1.29, 1.82) is 1.43 Å². The van der Waals surface area contributed by atoms with Crippen LogP contribution in [-0.4, -0.2) is 55.6 Å². The summed E-state index contributed by atoms with van der Waals surface area (Å²) < 4.78 is 69.5. The van der Waals surface area contributed by atoms with E-state index in [2.05, 4.69) is 0 Å². The Bertz CT molecular complexity index is 969. The number of carbonyl (C=O) groups is 1. The molecule has 0 aromatic heterocycles. The predicted molar refractivity (Wildman–Crippen MR) is 83.0 cm³/mol. The van der Waals surface area contributed by atoms with E-state index in [4.69, 9.17) is 22.9 Å². The molecule has 2 bridgehead atoms. The minimum absolute atomic E-state index is 0.0443. The lowest BCUT2D eigenvalue weighted by atomic mass is 9.49. The van der Waals surface area contributed by atoms with Crippen LogP contribution >= 0.6 is 0 Å². The monoisotopic (exact) mass is 322 g/mol. The molecule has 5 rings (SSSR count). The van der Waals surface area contributed by atoms with E-state index < -0.39 is 48.7 Å². The zero-order valence-electron chi connectivity index (χ0n) is 19.6. The highest BCUT2D eigenvalue weighted by Crippen LogP contribution is 2.64. The summed E-state index contributed by atoms with van der Waals surface area (Å²) in [7, 11) is 1.45. The fourth-order valence-electron chi connectivity index (χ4n) is 4.90. The number of aliphatic hydroxyl groups is 1. The number of carbonyl (C=O) groups excluding carboxylic acids is 1. The zero-order valence-corrected chi connectivity index (χ0v) is 12.6. The van der Waals surface area contributed by atoms with Gasteiger partial charge in [0.15, 0.2) is 23.4 Å². The maximum atomic E-state index is 13.2. The number of Topliss-reactive ketones (excluding diaryl/α,β-unsaturated/α-hetero) is 1. The van der Waals surface area contributed by atoms with E-state index in [0.29, 0.717) is 16.9 Å². The molecule has 0 amide bonds. The highest BCUT2D eigenvalue weighted by Gasteiger charge is 2.72. The number of ether oxygens (including phenoxy) is 2. The van der Waals surface area contributed by atoms with Crippen molar-refractivity contribution in [2.24, 2.45) is 0 Å². The van der Waals surface area contributed by atoms with E-state index in [0.717, 1.165) is 4.90 Å². The van der Waals surface area contributed by atoms with Crippen LogP contribution < -0.4 is 9.47 Å². The van der Waals surface area contributed by atoms with Crippen LogP contribution in [0.1, 0.15) is 38.6 Å². The first kappa shape index (κ1) is 8.49. The lowest BCUT2D eigenvalue weighted by molar-refractivity contribution is -0.185. The molecule has 23 heavy (non-hydrogen) atoms. The van der Waals surface area contributed by atoms with Crippen LogP contribution in [0.4, 0.5) is 0 Å². The van der Waals surface area contributed by atoms with E-state index in [9.17, 15) is 6.17 Å². The summed E-state index contributed by atoms with van der Waals surface area (Å²) in [6.45, 7) is -2.71. The first-order chi connectivity index (χ1) is 13.9. The van der Waals surface area contributed by atoms with Gasteiger partial charge in [0.1, 0.15) is 0 Å². The van der Waals surface area contributed by atoms with E-state index in [1.807, 2.05) is 0 Å². The van der Waals surface area contributed by atoms with Crippen molar-refractivity contribution in [2.75, 3.05) is 20.6 Å². The Morgan fingerprint density at radius 1 is 1.61 bits per heavy atom. The number of ketones is 1. The van der Waals surface area contributed by atoms with Gasteiger partial charge in [-0.25, -0.2) is 0 Å². The Balaban J connectivity index is 1.89. The van der Waals surface area contributed by atoms with Gasteiger partial charge in [0.05, 0.1) is 19.5 Å². The molecule has 1 spiro atoms. The highest BCUT2D eigenvalue weighted by molar-refractivity contribution is 5.90. The number of likely N-dealkylation sites (tertiary alicyclic amines) is 1. The van der Waals surface area contributed by atoms with E-state index in [1.54, 1.807) is 12.1 Å². The molecule has 4 aliphatic rings. The van der Waals surface area contributed by atoms with Crippen LogP contribution in [0.25, 0.3) is 0 Å². The molecule has 1 N–H and O–H groups in total. The van der Waals surface area contributed by atoms with Crippen molar-refractivity contribution in [3.63, 3.8) is 0 Å². The molecule has 1 aromatic carbocycles. The molecule has 2 aliphatic carbocycles. The summed E-state index contributed by atoms with van der Waals surface area (Å²) in [5.41, 5.74) is -2.08. The van der Waals surface area contributed by atoms with Crippen molar-refractivity contribution in [3.05, 3.63) is 23.3 Å². The minimum Gasteiger partial charge on any atom is -0.493 e. The van der Waals surface area contributed by atoms with Crippen LogP contribution in [0.15, 0.2) is 12.1 Å². The number of rotatable bonds is 2. The first-order valence-corrected chi connectivity index (χ1v) is 7.73. The molecule has 1 unspecified atom stereocenters. The van der Waals surface area contributed by atoms with Crippen LogP contribution in [0.3, 0.4) is 0 Å². The van der Waals surface area contributed by atoms with E-state index in [1.165, 1.54) is 7.11 Å². The molecule has 1 saturated heterocycles. The Morgan fingerprint density at radius 2 is 2.52 bits per heavy atom. The topological polar surface area (TPSA) is 59.0 Å². The molecule has 5 heteroatoms. The Kier molecular flexibility index (Phi) is 1.51. The average molecular weight is 322 g/mol. The van der Waals surface area contributed by atoms with Gasteiger partial charge in [0.25, 0.3) is 0 Å². The second kappa shape index (κ2) is 4.08. The Hall–Kier alpha value is -1.59. The normalized spacial score (nSPS) is 50.9.